The van der Waals surface area contributed by atoms with Crippen molar-refractivity contribution in [3.05, 3.63) is 42.5 Å². The Morgan fingerprint density at radius 2 is 2.24 bits per heavy atom. The summed E-state index contributed by atoms with van der Waals surface area (Å²) in [4.78, 5) is 4.03. The molecular weight excluding hydrogens is 266 g/mol. The number of imidazole rings is 1. The topological polar surface area (TPSA) is 48.3 Å². The predicted octanol–water partition coefficient (Wildman–Crippen LogP) is 2.47. The number of nitrogens with zero attached hydrogens (tertiary/aromatic N) is 2. The summed E-state index contributed by atoms with van der Waals surface area (Å²) < 4.78 is 13.2. The monoisotopic (exact) mass is 289 g/mol. The molecule has 0 aliphatic carbocycles. The largest absolute Gasteiger partial charge is 0.497 e. The molecular formula is C16H23N3O2. The Kier molecular flexibility index (Phi) is 6.09. The van der Waals surface area contributed by atoms with E-state index in [-0.39, 0.29) is 0 Å². The number of rotatable bonds is 9. The molecule has 0 saturated heterocycles. The second-order valence-corrected chi connectivity index (χ2v) is 4.76. The number of methoxy groups -OCH3 is 1. The average Bonchev–Trinajstić information content (AvgIpc) is 3.03. The molecule has 0 saturated carbocycles. The van der Waals surface area contributed by atoms with Gasteiger partial charge in [-0.2, -0.15) is 0 Å². The molecule has 1 aromatic heterocycles. The fourth-order valence-corrected chi connectivity index (χ4v) is 2.07. The zero-order valence-corrected chi connectivity index (χ0v) is 12.7. The van der Waals surface area contributed by atoms with Crippen molar-refractivity contribution >= 4 is 0 Å². The number of hydrogen-bond donors (Lipinski definition) is 1. The van der Waals surface area contributed by atoms with E-state index in [1.165, 1.54) is 0 Å². The Morgan fingerprint density at radius 3 is 2.95 bits per heavy atom. The van der Waals surface area contributed by atoms with Gasteiger partial charge in [0, 0.05) is 31.0 Å². The number of ether oxygens (including phenoxy) is 2. The summed E-state index contributed by atoms with van der Waals surface area (Å²) >= 11 is 0. The first-order valence-electron chi connectivity index (χ1n) is 7.29. The van der Waals surface area contributed by atoms with Gasteiger partial charge in [0.2, 0.25) is 0 Å². The van der Waals surface area contributed by atoms with Crippen LogP contribution in [0.1, 0.15) is 18.9 Å². The maximum absolute atomic E-state index is 5.90. The molecule has 0 radical (unpaired) electrons. The molecule has 0 aliphatic heterocycles. The van der Waals surface area contributed by atoms with Gasteiger partial charge in [-0.15, -0.1) is 0 Å². The molecule has 1 heterocycles. The van der Waals surface area contributed by atoms with Gasteiger partial charge in [-0.3, -0.25) is 0 Å². The van der Waals surface area contributed by atoms with Gasteiger partial charge in [-0.05, 0) is 31.2 Å². The third-order valence-corrected chi connectivity index (χ3v) is 3.21. The summed E-state index contributed by atoms with van der Waals surface area (Å²) in [6.07, 6.45) is 6.52. The lowest BCUT2D eigenvalue weighted by Crippen LogP contribution is -2.13. The molecule has 5 nitrogen and oxygen atoms in total. The van der Waals surface area contributed by atoms with E-state index in [1.54, 1.807) is 13.3 Å². The van der Waals surface area contributed by atoms with Crippen molar-refractivity contribution < 1.29 is 9.47 Å². The number of aromatic nitrogens is 2. The Hall–Kier alpha value is -2.01. The molecule has 21 heavy (non-hydrogen) atoms. The van der Waals surface area contributed by atoms with Crippen LogP contribution >= 0.6 is 0 Å². The minimum absolute atomic E-state index is 0.684. The Morgan fingerprint density at radius 1 is 1.33 bits per heavy atom. The third kappa shape index (κ3) is 4.79. The number of nitrogens with one attached hydrogen (secondary N) is 1. The van der Waals surface area contributed by atoms with Crippen molar-refractivity contribution in [2.75, 3.05) is 20.3 Å². The van der Waals surface area contributed by atoms with Gasteiger partial charge >= 0.3 is 0 Å². The van der Waals surface area contributed by atoms with E-state index in [0.717, 1.165) is 43.1 Å². The molecule has 5 heteroatoms. The highest BCUT2D eigenvalue weighted by Crippen LogP contribution is 2.24. The zero-order valence-electron chi connectivity index (χ0n) is 12.7. The van der Waals surface area contributed by atoms with Gasteiger partial charge in [-0.25, -0.2) is 4.98 Å². The number of benzene rings is 1. The molecule has 0 unspecified atom stereocenters. The summed E-state index contributed by atoms with van der Waals surface area (Å²) in [6, 6.07) is 5.93. The van der Waals surface area contributed by atoms with E-state index in [0.29, 0.717) is 6.61 Å². The minimum Gasteiger partial charge on any atom is -0.497 e. The van der Waals surface area contributed by atoms with E-state index in [2.05, 4.69) is 21.8 Å². The predicted molar refractivity (Wildman–Crippen MR) is 82.7 cm³/mol. The minimum atomic E-state index is 0.684. The standard InChI is InChI=1S/C16H23N3O2/c1-3-17-12-14-11-15(20-2)5-6-16(14)21-10-4-8-19-9-7-18-13-19/h5-7,9,11,13,17H,3-4,8,10,12H2,1-2H3. The highest BCUT2D eigenvalue weighted by Gasteiger charge is 2.05. The fourth-order valence-electron chi connectivity index (χ4n) is 2.07. The van der Waals surface area contributed by atoms with Crippen molar-refractivity contribution in [3.63, 3.8) is 0 Å². The highest BCUT2D eigenvalue weighted by molar-refractivity contribution is 5.40. The van der Waals surface area contributed by atoms with E-state index in [4.69, 9.17) is 9.47 Å². The van der Waals surface area contributed by atoms with Gasteiger partial charge in [0.1, 0.15) is 11.5 Å². The van der Waals surface area contributed by atoms with Crippen LogP contribution in [0.25, 0.3) is 0 Å². The van der Waals surface area contributed by atoms with Crippen LogP contribution in [0.4, 0.5) is 0 Å². The highest BCUT2D eigenvalue weighted by atomic mass is 16.5. The van der Waals surface area contributed by atoms with Crippen LogP contribution in [0.15, 0.2) is 36.9 Å². The average molecular weight is 289 g/mol. The molecule has 1 N–H and O–H groups in total. The summed E-state index contributed by atoms with van der Waals surface area (Å²) in [5, 5.41) is 3.32. The maximum Gasteiger partial charge on any atom is 0.124 e. The molecule has 2 aromatic rings. The molecule has 1 aromatic carbocycles. The smallest absolute Gasteiger partial charge is 0.124 e. The van der Waals surface area contributed by atoms with Crippen molar-refractivity contribution in [1.82, 2.24) is 14.9 Å². The quantitative estimate of drug-likeness (QED) is 0.720. The molecule has 0 spiro atoms. The normalized spacial score (nSPS) is 10.6. The summed E-state index contributed by atoms with van der Waals surface area (Å²) in [5.41, 5.74) is 1.12. The molecule has 0 amide bonds. The Bertz CT molecular complexity index is 526. The van der Waals surface area contributed by atoms with Crippen LogP contribution in [0.2, 0.25) is 0 Å². The van der Waals surface area contributed by atoms with Crippen molar-refractivity contribution in [3.8, 4) is 11.5 Å². The van der Waals surface area contributed by atoms with Crippen molar-refractivity contribution in [2.45, 2.75) is 26.4 Å². The Balaban J connectivity index is 1.88. The van der Waals surface area contributed by atoms with Crippen LogP contribution in [0.3, 0.4) is 0 Å². The molecule has 0 aliphatic rings. The first kappa shape index (κ1) is 15.4. The lowest BCUT2D eigenvalue weighted by Gasteiger charge is -2.13. The van der Waals surface area contributed by atoms with E-state index in [1.807, 2.05) is 30.7 Å². The van der Waals surface area contributed by atoms with Gasteiger partial charge in [0.15, 0.2) is 0 Å². The lowest BCUT2D eigenvalue weighted by molar-refractivity contribution is 0.297. The SMILES string of the molecule is CCNCc1cc(OC)ccc1OCCCn1ccnc1. The maximum atomic E-state index is 5.90. The second kappa shape index (κ2) is 8.32. The number of hydrogen-bond acceptors (Lipinski definition) is 4. The van der Waals surface area contributed by atoms with Gasteiger partial charge in [0.05, 0.1) is 20.0 Å². The first-order chi connectivity index (χ1) is 10.3. The van der Waals surface area contributed by atoms with Crippen molar-refractivity contribution in [2.24, 2.45) is 0 Å². The first-order valence-corrected chi connectivity index (χ1v) is 7.29. The van der Waals surface area contributed by atoms with Gasteiger partial charge < -0.3 is 19.4 Å². The zero-order chi connectivity index (χ0) is 14.9. The van der Waals surface area contributed by atoms with Gasteiger partial charge in [-0.1, -0.05) is 6.92 Å². The van der Waals surface area contributed by atoms with Crippen LogP contribution in [0, 0.1) is 0 Å². The second-order valence-electron chi connectivity index (χ2n) is 4.76. The molecule has 0 bridgehead atoms. The summed E-state index contributed by atoms with van der Waals surface area (Å²) in [6.45, 7) is 5.40. The summed E-state index contributed by atoms with van der Waals surface area (Å²) in [5.74, 6) is 1.77. The fraction of sp³-hybridized carbons (Fsp3) is 0.438. The summed E-state index contributed by atoms with van der Waals surface area (Å²) in [7, 11) is 1.68. The molecule has 0 atom stereocenters. The molecule has 2 rings (SSSR count). The van der Waals surface area contributed by atoms with Crippen LogP contribution < -0.4 is 14.8 Å². The van der Waals surface area contributed by atoms with Crippen LogP contribution in [-0.2, 0) is 13.1 Å². The van der Waals surface area contributed by atoms with Crippen LogP contribution in [0.5, 0.6) is 11.5 Å². The van der Waals surface area contributed by atoms with Gasteiger partial charge in [0.25, 0.3) is 0 Å². The Labute approximate surface area is 125 Å². The third-order valence-electron chi connectivity index (χ3n) is 3.21. The van der Waals surface area contributed by atoms with E-state index in [9.17, 15) is 0 Å². The van der Waals surface area contributed by atoms with Crippen LogP contribution in [-0.4, -0.2) is 29.8 Å². The molecule has 0 fully saturated rings. The lowest BCUT2D eigenvalue weighted by atomic mass is 10.2. The van der Waals surface area contributed by atoms with E-state index >= 15 is 0 Å². The van der Waals surface area contributed by atoms with E-state index < -0.39 is 0 Å². The van der Waals surface area contributed by atoms with Crippen molar-refractivity contribution in [1.29, 1.82) is 0 Å². The number of aryl methyl sites for hydroxylation is 1. The molecule has 114 valence electrons.